The number of hydrogen-bond donors (Lipinski definition) is 1. The van der Waals surface area contributed by atoms with E-state index in [9.17, 15) is 22.8 Å². The van der Waals surface area contributed by atoms with Crippen molar-refractivity contribution in [2.24, 2.45) is 4.99 Å². The van der Waals surface area contributed by atoms with Crippen LogP contribution in [0.4, 0.5) is 29.3 Å². The molecule has 0 unspecified atom stereocenters. The Labute approximate surface area is 246 Å². The third kappa shape index (κ3) is 7.17. The molecule has 1 aliphatic rings. The highest BCUT2D eigenvalue weighted by atomic mass is 35.5. The molecule has 4 aromatic rings. The number of anilines is 2. The lowest BCUT2D eigenvalue weighted by Crippen LogP contribution is -2.30. The van der Waals surface area contributed by atoms with Crippen LogP contribution in [0.25, 0.3) is 17.8 Å². The first-order valence-electron chi connectivity index (χ1n) is 12.2. The summed E-state index contributed by atoms with van der Waals surface area (Å²) in [6.45, 7) is 1.88. The van der Waals surface area contributed by atoms with E-state index in [4.69, 9.17) is 11.6 Å². The fourth-order valence-electron chi connectivity index (χ4n) is 3.84. The van der Waals surface area contributed by atoms with Crippen LogP contribution < -0.4 is 15.0 Å². The molecule has 0 spiro atoms. The van der Waals surface area contributed by atoms with Gasteiger partial charge in [0.15, 0.2) is 11.0 Å². The highest BCUT2D eigenvalue weighted by Crippen LogP contribution is 2.33. The van der Waals surface area contributed by atoms with Gasteiger partial charge in [-0.2, -0.15) is 4.99 Å². The maximum absolute atomic E-state index is 12.6. The minimum atomic E-state index is -4.76. The number of ether oxygens (including phenoxy) is 1. The summed E-state index contributed by atoms with van der Waals surface area (Å²) in [5, 5.41) is 7.60. The number of alkyl halides is 3. The highest BCUT2D eigenvalue weighted by molar-refractivity contribution is 8.15. The summed E-state index contributed by atoms with van der Waals surface area (Å²) < 4.78 is 42.3. The molecule has 1 aliphatic heterocycles. The van der Waals surface area contributed by atoms with E-state index in [-0.39, 0.29) is 22.6 Å². The lowest BCUT2D eigenvalue weighted by atomic mass is 10.2. The molecule has 214 valence electrons. The molecule has 1 saturated heterocycles. The molecule has 0 bridgehead atoms. The molecule has 42 heavy (non-hydrogen) atoms. The number of amides is 3. The summed E-state index contributed by atoms with van der Waals surface area (Å²) in [6, 6.07) is 16.8. The van der Waals surface area contributed by atoms with Crippen LogP contribution in [0.15, 0.2) is 78.0 Å². The first kappa shape index (κ1) is 28.9. The number of urea groups is 1. The number of carbonyl (C=O) groups is 2. The van der Waals surface area contributed by atoms with Gasteiger partial charge in [-0.25, -0.2) is 14.5 Å². The fraction of sp³-hybridized carbons (Fsp3) is 0.107. The van der Waals surface area contributed by atoms with Gasteiger partial charge in [0, 0.05) is 5.69 Å². The van der Waals surface area contributed by atoms with Gasteiger partial charge in [-0.05, 0) is 72.7 Å². The Morgan fingerprint density at radius 1 is 1.10 bits per heavy atom. The molecule has 0 aliphatic carbocycles. The van der Waals surface area contributed by atoms with Crippen LogP contribution in [0, 0.1) is 6.92 Å². The van der Waals surface area contributed by atoms with Crippen LogP contribution in [0.2, 0.25) is 5.02 Å². The maximum atomic E-state index is 12.6. The van der Waals surface area contributed by atoms with Gasteiger partial charge < -0.3 is 10.1 Å². The molecule has 0 atom stereocenters. The van der Waals surface area contributed by atoms with Crippen molar-refractivity contribution in [2.45, 2.75) is 13.3 Å². The average Bonchev–Trinajstić information content (AvgIpc) is 3.56. The molecule has 5 rings (SSSR count). The molecule has 0 saturated carbocycles. The Balaban J connectivity index is 1.20. The molecule has 3 amide bonds. The third-order valence-electron chi connectivity index (χ3n) is 5.74. The van der Waals surface area contributed by atoms with Crippen LogP contribution in [-0.4, -0.2) is 44.0 Å². The van der Waals surface area contributed by atoms with Crippen LogP contribution >= 0.6 is 23.4 Å². The van der Waals surface area contributed by atoms with E-state index in [0.29, 0.717) is 27.9 Å². The number of carbonyl (C=O) groups excluding carboxylic acids is 2. The number of rotatable bonds is 6. The molecule has 14 heteroatoms. The van der Waals surface area contributed by atoms with Crippen molar-refractivity contribution >= 4 is 64.0 Å². The summed E-state index contributed by atoms with van der Waals surface area (Å²) in [5.41, 5.74) is 3.18. The fourth-order valence-corrected chi connectivity index (χ4v) is 4.90. The van der Waals surface area contributed by atoms with Gasteiger partial charge in [0.1, 0.15) is 12.1 Å². The van der Waals surface area contributed by atoms with Crippen molar-refractivity contribution in [3.8, 4) is 11.4 Å². The van der Waals surface area contributed by atoms with Crippen molar-refractivity contribution in [1.82, 2.24) is 14.8 Å². The molecule has 3 aromatic carbocycles. The smallest absolute Gasteiger partial charge is 0.406 e. The summed E-state index contributed by atoms with van der Waals surface area (Å²) in [5.74, 6) is -0.0304. The Morgan fingerprint density at radius 2 is 1.83 bits per heavy atom. The number of aliphatic imine (C=N–C) groups is 1. The summed E-state index contributed by atoms with van der Waals surface area (Å²) in [6.07, 6.45) is 0.0937. The van der Waals surface area contributed by atoms with Crippen LogP contribution in [-0.2, 0) is 4.79 Å². The summed E-state index contributed by atoms with van der Waals surface area (Å²) >= 11 is 7.45. The van der Waals surface area contributed by atoms with Gasteiger partial charge in [-0.3, -0.25) is 9.69 Å². The van der Waals surface area contributed by atoms with Crippen LogP contribution in [0.5, 0.6) is 5.75 Å². The Bertz CT molecular complexity index is 1690. The Morgan fingerprint density at radius 3 is 2.55 bits per heavy atom. The van der Waals surface area contributed by atoms with Crippen LogP contribution in [0.3, 0.4) is 0 Å². The number of nitrogens with one attached hydrogen (secondary N) is 1. The van der Waals surface area contributed by atoms with E-state index in [1.165, 1.54) is 40.2 Å². The van der Waals surface area contributed by atoms with Crippen LogP contribution in [0.1, 0.15) is 17.0 Å². The first-order valence-corrected chi connectivity index (χ1v) is 13.6. The summed E-state index contributed by atoms with van der Waals surface area (Å²) in [7, 11) is 0. The Kier molecular flexibility index (Phi) is 8.31. The quantitative estimate of drug-likeness (QED) is 0.252. The second-order valence-corrected chi connectivity index (χ2v) is 10.2. The van der Waals surface area contributed by atoms with E-state index >= 15 is 0 Å². The standard InChI is InChI=1S/C28H20ClF3N6O3S/c1-17-2-12-22(29)23(14-17)38-25(39)15-42-27(38)35-26(40)34-19-6-3-18(4-7-19)5-13-24-33-16-37(36-24)20-8-10-21(11-9-20)41-28(30,31)32/h2-14,16H,15H2,1H3,(H,34,40)/b13-5+,35-27-. The van der Waals surface area contributed by atoms with Crippen molar-refractivity contribution in [1.29, 1.82) is 0 Å². The number of nitrogens with zero attached hydrogens (tertiary/aromatic N) is 5. The number of halogens is 4. The molecule has 2 heterocycles. The van der Waals surface area contributed by atoms with Crippen molar-refractivity contribution < 1.29 is 27.5 Å². The monoisotopic (exact) mass is 612 g/mol. The SMILES string of the molecule is Cc1ccc(Cl)c(N2C(=O)CS/C2=N\C(=O)Nc2ccc(/C=C/c3ncn(-c4ccc(OC(F)(F)F)cc4)n3)cc2)c1. The predicted octanol–water partition coefficient (Wildman–Crippen LogP) is 6.97. The first-order chi connectivity index (χ1) is 20.0. The number of benzene rings is 3. The number of thioether (sulfide) groups is 1. The molecular weight excluding hydrogens is 593 g/mol. The van der Waals surface area contributed by atoms with E-state index < -0.39 is 12.4 Å². The third-order valence-corrected chi connectivity index (χ3v) is 6.98. The number of aromatic nitrogens is 3. The molecule has 0 radical (unpaired) electrons. The maximum Gasteiger partial charge on any atom is 0.573 e. The predicted molar refractivity (Wildman–Crippen MR) is 156 cm³/mol. The molecule has 1 aromatic heterocycles. The van der Waals surface area contributed by atoms with E-state index in [1.54, 1.807) is 48.6 Å². The molecule has 1 N–H and O–H groups in total. The normalized spacial score (nSPS) is 14.6. The van der Waals surface area contributed by atoms with Gasteiger partial charge >= 0.3 is 12.4 Å². The zero-order chi connectivity index (χ0) is 29.9. The molecule has 9 nitrogen and oxygen atoms in total. The Hall–Kier alpha value is -4.62. The lowest BCUT2D eigenvalue weighted by Gasteiger charge is -2.18. The second kappa shape index (κ2) is 12.1. The highest BCUT2D eigenvalue weighted by Gasteiger charge is 2.32. The van der Waals surface area contributed by atoms with E-state index in [1.807, 2.05) is 13.0 Å². The molecular formula is C28H20ClF3N6O3S. The van der Waals surface area contributed by atoms with Crippen molar-refractivity contribution in [2.75, 3.05) is 16.0 Å². The minimum Gasteiger partial charge on any atom is -0.406 e. The number of aryl methyl sites for hydroxylation is 1. The van der Waals surface area contributed by atoms with Crippen molar-refractivity contribution in [3.63, 3.8) is 0 Å². The van der Waals surface area contributed by atoms with Gasteiger partial charge in [0.25, 0.3) is 0 Å². The van der Waals surface area contributed by atoms with Crippen molar-refractivity contribution in [3.05, 3.63) is 95.0 Å². The number of hydrogen-bond acceptors (Lipinski definition) is 6. The summed E-state index contributed by atoms with van der Waals surface area (Å²) in [4.78, 5) is 34.7. The molecule has 1 fully saturated rings. The zero-order valence-corrected chi connectivity index (χ0v) is 23.2. The van der Waals surface area contributed by atoms with E-state index in [0.717, 1.165) is 22.9 Å². The largest absolute Gasteiger partial charge is 0.573 e. The second-order valence-electron chi connectivity index (χ2n) is 8.84. The zero-order valence-electron chi connectivity index (χ0n) is 21.7. The number of amidine groups is 1. The van der Waals surface area contributed by atoms with E-state index in [2.05, 4.69) is 25.1 Å². The lowest BCUT2D eigenvalue weighted by molar-refractivity contribution is -0.274. The van der Waals surface area contributed by atoms with Gasteiger partial charge in [0.2, 0.25) is 5.91 Å². The van der Waals surface area contributed by atoms with Gasteiger partial charge in [-0.1, -0.05) is 47.6 Å². The topological polar surface area (TPSA) is 102 Å². The van der Waals surface area contributed by atoms with Gasteiger partial charge in [0.05, 0.1) is 22.2 Å². The average molecular weight is 613 g/mol. The van der Waals surface area contributed by atoms with Gasteiger partial charge in [-0.15, -0.1) is 18.3 Å². The minimum absolute atomic E-state index is 0.147.